The molecule has 2 N–H and O–H groups in total. The molecule has 4 rings (SSSR count). The van der Waals surface area contributed by atoms with Gasteiger partial charge in [0.2, 0.25) is 5.91 Å². The van der Waals surface area contributed by atoms with Gasteiger partial charge in [0.1, 0.15) is 24.8 Å². The normalized spacial score (nSPS) is 12.3. The highest BCUT2D eigenvalue weighted by Crippen LogP contribution is 2.35. The van der Waals surface area contributed by atoms with Gasteiger partial charge in [-0.2, -0.15) is 5.26 Å². The van der Waals surface area contributed by atoms with E-state index in [1.165, 1.54) is 11.3 Å². The Kier molecular flexibility index (Phi) is 5.73. The van der Waals surface area contributed by atoms with E-state index in [-0.39, 0.29) is 17.9 Å². The second-order valence-corrected chi connectivity index (χ2v) is 7.97. The third-order valence-electron chi connectivity index (χ3n) is 5.11. The molecule has 0 atom stereocenters. The number of rotatable bonds is 5. The van der Waals surface area contributed by atoms with Crippen molar-refractivity contribution in [3.63, 3.8) is 0 Å². The van der Waals surface area contributed by atoms with Crippen LogP contribution >= 0.6 is 11.3 Å². The van der Waals surface area contributed by atoms with E-state index in [0.717, 1.165) is 16.8 Å². The molecule has 3 heterocycles. The van der Waals surface area contributed by atoms with Gasteiger partial charge in [0.05, 0.1) is 5.69 Å². The molecule has 0 fully saturated rings. The van der Waals surface area contributed by atoms with Crippen LogP contribution in [0, 0.1) is 25.2 Å². The van der Waals surface area contributed by atoms with Crippen molar-refractivity contribution < 1.29 is 14.3 Å². The predicted molar refractivity (Wildman–Crippen MR) is 117 cm³/mol. The lowest BCUT2D eigenvalue weighted by Gasteiger charge is -2.18. The Labute approximate surface area is 182 Å². The summed E-state index contributed by atoms with van der Waals surface area (Å²) in [5, 5.41) is 14.4. The smallest absolute Gasteiger partial charge is 0.266 e. The summed E-state index contributed by atoms with van der Waals surface area (Å²) in [7, 11) is 0. The fourth-order valence-electron chi connectivity index (χ4n) is 3.51. The van der Waals surface area contributed by atoms with E-state index in [1.807, 2.05) is 29.6 Å². The number of carbonyl (C=O) groups excluding carboxylic acids is 1. The third kappa shape index (κ3) is 4.29. The van der Waals surface area contributed by atoms with E-state index < -0.39 is 5.56 Å². The summed E-state index contributed by atoms with van der Waals surface area (Å²) in [6, 6.07) is 7.56. The molecule has 3 aromatic rings. The van der Waals surface area contributed by atoms with Gasteiger partial charge in [-0.05, 0) is 49.6 Å². The van der Waals surface area contributed by atoms with Crippen molar-refractivity contribution >= 4 is 22.4 Å². The van der Waals surface area contributed by atoms with Gasteiger partial charge in [0.25, 0.3) is 5.56 Å². The monoisotopic (exact) mass is 436 g/mol. The molecule has 1 aliphatic rings. The Morgan fingerprint density at radius 3 is 2.84 bits per heavy atom. The lowest BCUT2D eigenvalue weighted by molar-refractivity contribution is -0.116. The highest BCUT2D eigenvalue weighted by atomic mass is 32.1. The van der Waals surface area contributed by atoms with Gasteiger partial charge in [-0.3, -0.25) is 9.59 Å². The molecule has 0 aliphatic carbocycles. The molecule has 0 bridgehead atoms. The SMILES string of the molecule is Cc1[nH]c(=O)c(C#N)c(C)c1CCC(=O)Nc1nc(-c2ccc3c(c2)OCCO3)cs1. The topological polar surface area (TPSA) is 117 Å². The maximum Gasteiger partial charge on any atom is 0.266 e. The van der Waals surface area contributed by atoms with Crippen LogP contribution in [0.3, 0.4) is 0 Å². The van der Waals surface area contributed by atoms with Crippen LogP contribution < -0.4 is 20.3 Å². The number of hydrogen-bond acceptors (Lipinski definition) is 7. The number of fused-ring (bicyclic) bond motifs is 1. The highest BCUT2D eigenvalue weighted by molar-refractivity contribution is 7.14. The van der Waals surface area contributed by atoms with Crippen LogP contribution in [0.1, 0.15) is 28.8 Å². The quantitative estimate of drug-likeness (QED) is 0.634. The standard InChI is InChI=1S/C22H20N4O4S/c1-12-15(13(2)24-21(28)16(12)10-23)4-6-20(27)26-22-25-17(11-31-22)14-3-5-18-19(9-14)30-8-7-29-18/h3,5,9,11H,4,6-8H2,1-2H3,(H,24,28)(H,25,26,27). The molecule has 0 spiro atoms. The van der Waals surface area contributed by atoms with Crippen molar-refractivity contribution in [2.24, 2.45) is 0 Å². The number of aromatic nitrogens is 2. The molecule has 9 heteroatoms. The number of pyridine rings is 1. The Morgan fingerprint density at radius 2 is 2.06 bits per heavy atom. The summed E-state index contributed by atoms with van der Waals surface area (Å²) in [5.74, 6) is 1.21. The van der Waals surface area contributed by atoms with Gasteiger partial charge in [-0.1, -0.05) is 0 Å². The second kappa shape index (κ2) is 8.62. The fraction of sp³-hybridized carbons (Fsp3) is 0.273. The van der Waals surface area contributed by atoms with Crippen molar-refractivity contribution in [2.75, 3.05) is 18.5 Å². The number of amides is 1. The molecule has 8 nitrogen and oxygen atoms in total. The van der Waals surface area contributed by atoms with Crippen molar-refractivity contribution in [1.82, 2.24) is 9.97 Å². The first kappa shape index (κ1) is 20.6. The van der Waals surface area contributed by atoms with Gasteiger partial charge in [0.15, 0.2) is 16.6 Å². The van der Waals surface area contributed by atoms with E-state index in [4.69, 9.17) is 9.47 Å². The summed E-state index contributed by atoms with van der Waals surface area (Å²) in [6.45, 7) is 4.55. The lowest BCUT2D eigenvalue weighted by atomic mass is 9.99. The molecular formula is C22H20N4O4S. The largest absolute Gasteiger partial charge is 0.486 e. The number of ether oxygens (including phenoxy) is 2. The van der Waals surface area contributed by atoms with Crippen molar-refractivity contribution in [1.29, 1.82) is 5.26 Å². The first-order valence-corrected chi connectivity index (χ1v) is 10.6. The Hall–Kier alpha value is -3.64. The van der Waals surface area contributed by atoms with Gasteiger partial charge in [0, 0.05) is 23.1 Å². The van der Waals surface area contributed by atoms with Crippen LogP contribution in [0.15, 0.2) is 28.4 Å². The minimum atomic E-state index is -0.403. The number of hydrogen-bond donors (Lipinski definition) is 2. The van der Waals surface area contributed by atoms with E-state index >= 15 is 0 Å². The number of aryl methyl sites for hydroxylation is 1. The summed E-state index contributed by atoms with van der Waals surface area (Å²) in [4.78, 5) is 31.5. The number of carbonyl (C=O) groups is 1. The molecule has 1 aromatic carbocycles. The Balaban J connectivity index is 1.42. The zero-order valence-corrected chi connectivity index (χ0v) is 17.9. The summed E-state index contributed by atoms with van der Waals surface area (Å²) < 4.78 is 11.1. The van der Waals surface area contributed by atoms with Crippen molar-refractivity contribution in [3.8, 4) is 28.8 Å². The summed E-state index contributed by atoms with van der Waals surface area (Å²) in [5.41, 5.74) is 3.40. The molecule has 0 saturated heterocycles. The summed E-state index contributed by atoms with van der Waals surface area (Å²) >= 11 is 1.34. The van der Waals surface area contributed by atoms with Crippen molar-refractivity contribution in [3.05, 3.63) is 56.3 Å². The molecule has 2 aromatic heterocycles. The van der Waals surface area contributed by atoms with E-state index in [1.54, 1.807) is 13.8 Å². The van der Waals surface area contributed by atoms with Crippen LogP contribution in [0.25, 0.3) is 11.3 Å². The maximum absolute atomic E-state index is 12.4. The molecule has 158 valence electrons. The molecule has 31 heavy (non-hydrogen) atoms. The molecule has 0 saturated carbocycles. The molecule has 0 radical (unpaired) electrons. The molecule has 1 amide bonds. The molecule has 0 unspecified atom stereocenters. The van der Waals surface area contributed by atoms with Crippen LogP contribution in [-0.2, 0) is 11.2 Å². The number of nitriles is 1. The Morgan fingerprint density at radius 1 is 1.29 bits per heavy atom. The number of aromatic amines is 1. The van der Waals surface area contributed by atoms with Gasteiger partial charge < -0.3 is 19.8 Å². The predicted octanol–water partition coefficient (Wildman–Crippen LogP) is 3.33. The lowest BCUT2D eigenvalue weighted by Crippen LogP contribution is -2.18. The number of nitrogens with zero attached hydrogens (tertiary/aromatic N) is 2. The summed E-state index contributed by atoms with van der Waals surface area (Å²) in [6.07, 6.45) is 0.618. The van der Waals surface area contributed by atoms with E-state index in [2.05, 4.69) is 15.3 Å². The van der Waals surface area contributed by atoms with Crippen LogP contribution in [0.5, 0.6) is 11.5 Å². The maximum atomic E-state index is 12.4. The number of nitrogens with one attached hydrogen (secondary N) is 2. The minimum absolute atomic E-state index is 0.0880. The second-order valence-electron chi connectivity index (χ2n) is 7.11. The number of anilines is 1. The van der Waals surface area contributed by atoms with E-state index in [0.29, 0.717) is 47.5 Å². The van der Waals surface area contributed by atoms with Gasteiger partial charge >= 0.3 is 0 Å². The number of H-pyrrole nitrogens is 1. The Bertz CT molecular complexity index is 1260. The van der Waals surface area contributed by atoms with Gasteiger partial charge in [-0.15, -0.1) is 11.3 Å². The van der Waals surface area contributed by atoms with Crippen LogP contribution in [-0.4, -0.2) is 29.1 Å². The number of benzene rings is 1. The molecular weight excluding hydrogens is 416 g/mol. The van der Waals surface area contributed by atoms with Crippen LogP contribution in [0.2, 0.25) is 0 Å². The van der Waals surface area contributed by atoms with E-state index in [9.17, 15) is 14.9 Å². The van der Waals surface area contributed by atoms with Gasteiger partial charge in [-0.25, -0.2) is 4.98 Å². The van der Waals surface area contributed by atoms with Crippen molar-refractivity contribution in [2.45, 2.75) is 26.7 Å². The third-order valence-corrected chi connectivity index (χ3v) is 5.87. The minimum Gasteiger partial charge on any atom is -0.486 e. The first-order valence-electron chi connectivity index (χ1n) is 9.74. The highest BCUT2D eigenvalue weighted by Gasteiger charge is 2.16. The average molecular weight is 436 g/mol. The zero-order valence-electron chi connectivity index (χ0n) is 17.1. The average Bonchev–Trinajstić information content (AvgIpc) is 3.21. The fourth-order valence-corrected chi connectivity index (χ4v) is 4.24. The number of thiazole rings is 1. The van der Waals surface area contributed by atoms with Crippen LogP contribution in [0.4, 0.5) is 5.13 Å². The first-order chi connectivity index (χ1) is 15.0. The zero-order chi connectivity index (χ0) is 22.0. The molecule has 1 aliphatic heterocycles.